The van der Waals surface area contributed by atoms with E-state index in [1.807, 2.05) is 6.92 Å². The van der Waals surface area contributed by atoms with Crippen molar-refractivity contribution in [2.45, 2.75) is 64.7 Å². The van der Waals surface area contributed by atoms with Gasteiger partial charge in [0.25, 0.3) is 0 Å². The second kappa shape index (κ2) is 5.80. The smallest absolute Gasteiger partial charge is 0.241 e. The van der Waals surface area contributed by atoms with Crippen LogP contribution in [0.25, 0.3) is 0 Å². The highest BCUT2D eigenvalue weighted by Crippen LogP contribution is 2.39. The second-order valence-electron chi connectivity index (χ2n) is 6.63. The van der Waals surface area contributed by atoms with Gasteiger partial charge in [-0.3, -0.25) is 10.1 Å². The molecule has 3 unspecified atom stereocenters. The molecule has 2 fully saturated rings. The van der Waals surface area contributed by atoms with Crippen LogP contribution in [0.15, 0.2) is 24.3 Å². The highest BCUT2D eigenvalue weighted by Gasteiger charge is 2.42. The molecule has 1 amide bonds. The molecule has 0 spiro atoms. The molecule has 0 radical (unpaired) electrons. The standard InChI is InChI=1S/C18H26N2O/c1-4-15(11-14-9-10-14)20-17(19-13(3)18(20)21)16-8-6-5-7-12(16)2/h5-8,13-15,17,19H,4,9-11H2,1-3H3. The van der Waals surface area contributed by atoms with Crippen molar-refractivity contribution in [1.29, 1.82) is 0 Å². The number of hydrogen-bond acceptors (Lipinski definition) is 2. The second-order valence-corrected chi connectivity index (χ2v) is 6.63. The van der Waals surface area contributed by atoms with Crippen LogP contribution in [0.5, 0.6) is 0 Å². The summed E-state index contributed by atoms with van der Waals surface area (Å²) in [6, 6.07) is 8.69. The quantitative estimate of drug-likeness (QED) is 0.900. The van der Waals surface area contributed by atoms with Crippen molar-refractivity contribution in [3.8, 4) is 0 Å². The molecule has 1 N–H and O–H groups in total. The molecule has 1 aromatic carbocycles. The molecule has 1 saturated carbocycles. The number of benzene rings is 1. The van der Waals surface area contributed by atoms with Crippen molar-refractivity contribution < 1.29 is 4.79 Å². The van der Waals surface area contributed by atoms with Gasteiger partial charge in [0.1, 0.15) is 6.17 Å². The Bertz CT molecular complexity index is 524. The number of amides is 1. The van der Waals surface area contributed by atoms with E-state index >= 15 is 0 Å². The van der Waals surface area contributed by atoms with E-state index in [9.17, 15) is 4.79 Å². The van der Waals surface area contributed by atoms with Gasteiger partial charge in [-0.05, 0) is 43.7 Å². The summed E-state index contributed by atoms with van der Waals surface area (Å²) in [4.78, 5) is 14.8. The monoisotopic (exact) mass is 286 g/mol. The van der Waals surface area contributed by atoms with E-state index in [-0.39, 0.29) is 18.1 Å². The molecule has 1 aromatic rings. The Balaban J connectivity index is 1.89. The third-order valence-electron chi connectivity index (χ3n) is 4.96. The van der Waals surface area contributed by atoms with Gasteiger partial charge in [0.15, 0.2) is 0 Å². The summed E-state index contributed by atoms with van der Waals surface area (Å²) in [7, 11) is 0. The Morgan fingerprint density at radius 1 is 1.33 bits per heavy atom. The Morgan fingerprint density at radius 2 is 2.05 bits per heavy atom. The van der Waals surface area contributed by atoms with Crippen LogP contribution in [-0.2, 0) is 4.79 Å². The SMILES string of the molecule is CCC(CC1CC1)N1C(=O)C(C)NC1c1ccccc1C. The average Bonchev–Trinajstić information content (AvgIpc) is 3.24. The molecule has 1 aliphatic heterocycles. The Hall–Kier alpha value is -1.35. The maximum atomic E-state index is 12.7. The van der Waals surface area contributed by atoms with Gasteiger partial charge >= 0.3 is 0 Å². The number of nitrogens with zero attached hydrogens (tertiary/aromatic N) is 1. The summed E-state index contributed by atoms with van der Waals surface area (Å²) in [5.41, 5.74) is 2.49. The Morgan fingerprint density at radius 3 is 2.67 bits per heavy atom. The van der Waals surface area contributed by atoms with Crippen molar-refractivity contribution in [3.05, 3.63) is 35.4 Å². The van der Waals surface area contributed by atoms with Crippen molar-refractivity contribution in [2.24, 2.45) is 5.92 Å². The summed E-state index contributed by atoms with van der Waals surface area (Å²) in [6.45, 7) is 6.32. The lowest BCUT2D eigenvalue weighted by molar-refractivity contribution is -0.132. The number of carbonyl (C=O) groups excluding carboxylic acids is 1. The van der Waals surface area contributed by atoms with Gasteiger partial charge in [0, 0.05) is 6.04 Å². The number of nitrogens with one attached hydrogen (secondary N) is 1. The third-order valence-corrected chi connectivity index (χ3v) is 4.96. The molecule has 3 heteroatoms. The summed E-state index contributed by atoms with van der Waals surface area (Å²) in [6.07, 6.45) is 4.93. The Kier molecular flexibility index (Phi) is 4.03. The predicted octanol–water partition coefficient (Wildman–Crippen LogP) is 3.39. The zero-order chi connectivity index (χ0) is 15.0. The van der Waals surface area contributed by atoms with Gasteiger partial charge in [-0.15, -0.1) is 0 Å². The molecule has 1 aliphatic carbocycles. The van der Waals surface area contributed by atoms with Gasteiger partial charge in [0.05, 0.1) is 6.04 Å². The van der Waals surface area contributed by atoms with Gasteiger partial charge in [-0.1, -0.05) is 44.0 Å². The molecule has 3 rings (SSSR count). The van der Waals surface area contributed by atoms with E-state index in [0.29, 0.717) is 6.04 Å². The minimum Gasteiger partial charge on any atom is -0.319 e. The molecule has 0 bridgehead atoms. The summed E-state index contributed by atoms with van der Waals surface area (Å²) in [5.74, 6) is 1.10. The van der Waals surface area contributed by atoms with Crippen LogP contribution >= 0.6 is 0 Å². The first-order valence-corrected chi connectivity index (χ1v) is 8.25. The molecule has 3 nitrogen and oxygen atoms in total. The molecule has 114 valence electrons. The Labute approximate surface area is 127 Å². The highest BCUT2D eigenvalue weighted by atomic mass is 16.2. The summed E-state index contributed by atoms with van der Waals surface area (Å²) < 4.78 is 0. The number of aryl methyl sites for hydroxylation is 1. The van der Waals surface area contributed by atoms with E-state index < -0.39 is 0 Å². The first-order valence-electron chi connectivity index (χ1n) is 8.25. The number of rotatable bonds is 5. The van der Waals surface area contributed by atoms with Gasteiger partial charge in [-0.2, -0.15) is 0 Å². The van der Waals surface area contributed by atoms with Crippen LogP contribution in [-0.4, -0.2) is 22.9 Å². The maximum Gasteiger partial charge on any atom is 0.241 e. The van der Waals surface area contributed by atoms with E-state index in [2.05, 4.69) is 48.3 Å². The molecule has 2 aliphatic rings. The minimum atomic E-state index is -0.0807. The molecule has 0 aromatic heterocycles. The first kappa shape index (κ1) is 14.6. The van der Waals surface area contributed by atoms with Crippen LogP contribution in [0.2, 0.25) is 0 Å². The number of hydrogen-bond donors (Lipinski definition) is 1. The number of carbonyl (C=O) groups is 1. The fourth-order valence-electron chi connectivity index (χ4n) is 3.48. The lowest BCUT2D eigenvalue weighted by Gasteiger charge is -2.33. The lowest BCUT2D eigenvalue weighted by atomic mass is 10.0. The maximum absolute atomic E-state index is 12.7. The van der Waals surface area contributed by atoms with Gasteiger partial charge in [0.2, 0.25) is 5.91 Å². The normalized spacial score (nSPS) is 27.2. The van der Waals surface area contributed by atoms with Crippen LogP contribution in [0, 0.1) is 12.8 Å². The molecule has 3 atom stereocenters. The van der Waals surface area contributed by atoms with Crippen molar-refractivity contribution >= 4 is 5.91 Å². The van der Waals surface area contributed by atoms with Crippen LogP contribution in [0.3, 0.4) is 0 Å². The highest BCUT2D eigenvalue weighted by molar-refractivity contribution is 5.84. The van der Waals surface area contributed by atoms with Crippen molar-refractivity contribution in [3.63, 3.8) is 0 Å². The molecular formula is C18H26N2O. The van der Waals surface area contributed by atoms with E-state index in [4.69, 9.17) is 0 Å². The topological polar surface area (TPSA) is 32.3 Å². The largest absolute Gasteiger partial charge is 0.319 e. The molecule has 21 heavy (non-hydrogen) atoms. The zero-order valence-corrected chi connectivity index (χ0v) is 13.3. The zero-order valence-electron chi connectivity index (χ0n) is 13.3. The average molecular weight is 286 g/mol. The first-order chi connectivity index (χ1) is 10.1. The predicted molar refractivity (Wildman–Crippen MR) is 84.8 cm³/mol. The minimum absolute atomic E-state index is 0.0393. The van der Waals surface area contributed by atoms with Crippen LogP contribution in [0.4, 0.5) is 0 Å². The van der Waals surface area contributed by atoms with E-state index in [0.717, 1.165) is 12.3 Å². The summed E-state index contributed by atoms with van der Waals surface area (Å²) >= 11 is 0. The molecule has 1 saturated heterocycles. The van der Waals surface area contributed by atoms with Crippen molar-refractivity contribution in [2.75, 3.05) is 0 Å². The third kappa shape index (κ3) is 2.84. The van der Waals surface area contributed by atoms with Crippen molar-refractivity contribution in [1.82, 2.24) is 10.2 Å². The van der Waals surface area contributed by atoms with Gasteiger partial charge < -0.3 is 4.90 Å². The molecular weight excluding hydrogens is 260 g/mol. The van der Waals surface area contributed by atoms with Gasteiger partial charge in [-0.25, -0.2) is 0 Å². The fourth-order valence-corrected chi connectivity index (χ4v) is 3.48. The van der Waals surface area contributed by atoms with E-state index in [1.165, 1.54) is 30.4 Å². The lowest BCUT2D eigenvalue weighted by Crippen LogP contribution is -2.40. The van der Waals surface area contributed by atoms with Crippen LogP contribution < -0.4 is 5.32 Å². The van der Waals surface area contributed by atoms with E-state index in [1.54, 1.807) is 0 Å². The fraction of sp³-hybridized carbons (Fsp3) is 0.611. The molecule has 1 heterocycles. The van der Waals surface area contributed by atoms with Crippen LogP contribution in [0.1, 0.15) is 56.8 Å². The summed E-state index contributed by atoms with van der Waals surface area (Å²) in [5, 5.41) is 3.50.